The second kappa shape index (κ2) is 16.6. The van der Waals surface area contributed by atoms with E-state index in [1.807, 2.05) is 4.90 Å². The summed E-state index contributed by atoms with van der Waals surface area (Å²) < 4.78 is 11.9. The maximum atomic E-state index is 11.9. The molecule has 1 aliphatic heterocycles. The van der Waals surface area contributed by atoms with Crippen molar-refractivity contribution in [1.29, 1.82) is 0 Å². The van der Waals surface area contributed by atoms with Gasteiger partial charge in [-0.3, -0.25) is 9.18 Å². The van der Waals surface area contributed by atoms with Crippen LogP contribution in [0.3, 0.4) is 0 Å². The van der Waals surface area contributed by atoms with Crippen LogP contribution in [0.5, 0.6) is 0 Å². The zero-order valence-corrected chi connectivity index (χ0v) is 16.3. The van der Waals surface area contributed by atoms with Crippen LogP contribution >= 0.6 is 0 Å². The molecular formula is C22H40FNO. The van der Waals surface area contributed by atoms with Crippen molar-refractivity contribution in [3.63, 3.8) is 0 Å². The monoisotopic (exact) mass is 353 g/mol. The summed E-state index contributed by atoms with van der Waals surface area (Å²) in [6.45, 7) is 1.83. The third kappa shape index (κ3) is 13.1. The molecule has 3 heteroatoms. The van der Waals surface area contributed by atoms with E-state index < -0.39 is 0 Å². The zero-order valence-electron chi connectivity index (χ0n) is 16.3. The number of carbonyl (C=O) groups excluding carboxylic acids is 1. The Bertz CT molecular complexity index is 337. The van der Waals surface area contributed by atoms with Gasteiger partial charge in [0.25, 0.3) is 0 Å². The van der Waals surface area contributed by atoms with Crippen LogP contribution in [0.1, 0.15) is 103 Å². The number of carbonyl (C=O) groups is 1. The van der Waals surface area contributed by atoms with Crippen molar-refractivity contribution in [2.75, 3.05) is 19.8 Å². The minimum Gasteiger partial charge on any atom is -0.343 e. The van der Waals surface area contributed by atoms with E-state index in [0.29, 0.717) is 5.91 Å². The number of halogens is 1. The van der Waals surface area contributed by atoms with Gasteiger partial charge in [-0.2, -0.15) is 0 Å². The quantitative estimate of drug-likeness (QED) is 0.226. The molecule has 1 amide bonds. The van der Waals surface area contributed by atoms with Gasteiger partial charge in [0.15, 0.2) is 0 Å². The van der Waals surface area contributed by atoms with Gasteiger partial charge in [-0.25, -0.2) is 0 Å². The standard InChI is InChI=1S/C22H40FNO/c23-19-15-13-11-9-7-5-3-1-2-4-6-8-10-12-14-18-22(25)24-20-16-17-21-24/h1-2H,3-21H2/b2-1-. The van der Waals surface area contributed by atoms with E-state index in [2.05, 4.69) is 12.2 Å². The number of amides is 1. The van der Waals surface area contributed by atoms with E-state index in [1.54, 1.807) is 0 Å². The van der Waals surface area contributed by atoms with Crippen LogP contribution < -0.4 is 0 Å². The van der Waals surface area contributed by atoms with E-state index in [0.717, 1.165) is 38.8 Å². The van der Waals surface area contributed by atoms with Gasteiger partial charge in [0.1, 0.15) is 0 Å². The number of alkyl halides is 1. The Morgan fingerprint density at radius 2 is 1.20 bits per heavy atom. The molecule has 0 bridgehead atoms. The highest BCUT2D eigenvalue weighted by Crippen LogP contribution is 2.13. The molecule has 146 valence electrons. The fourth-order valence-corrected chi connectivity index (χ4v) is 3.49. The molecule has 1 heterocycles. The summed E-state index contributed by atoms with van der Waals surface area (Å²) in [6.07, 6.45) is 23.1. The van der Waals surface area contributed by atoms with Crippen molar-refractivity contribution in [3.05, 3.63) is 12.2 Å². The van der Waals surface area contributed by atoms with Crippen LogP contribution in [-0.4, -0.2) is 30.6 Å². The average Bonchev–Trinajstić information content (AvgIpc) is 3.16. The molecule has 0 radical (unpaired) electrons. The molecule has 0 aromatic rings. The molecular weight excluding hydrogens is 313 g/mol. The second-order valence-corrected chi connectivity index (χ2v) is 7.46. The van der Waals surface area contributed by atoms with E-state index in [-0.39, 0.29) is 6.67 Å². The lowest BCUT2D eigenvalue weighted by molar-refractivity contribution is -0.130. The van der Waals surface area contributed by atoms with Crippen molar-refractivity contribution >= 4 is 5.91 Å². The normalized spacial score (nSPS) is 14.7. The number of rotatable bonds is 16. The maximum Gasteiger partial charge on any atom is 0.222 e. The minimum atomic E-state index is -0.153. The Kier molecular flexibility index (Phi) is 14.7. The Morgan fingerprint density at radius 1 is 0.720 bits per heavy atom. The van der Waals surface area contributed by atoms with Gasteiger partial charge >= 0.3 is 0 Å². The SMILES string of the molecule is O=C(CCCCCCC/C=C\CCCCCCCCF)N1CCCC1. The van der Waals surface area contributed by atoms with E-state index in [9.17, 15) is 9.18 Å². The van der Waals surface area contributed by atoms with Crippen molar-refractivity contribution < 1.29 is 9.18 Å². The summed E-state index contributed by atoms with van der Waals surface area (Å²) in [7, 11) is 0. The van der Waals surface area contributed by atoms with Crippen molar-refractivity contribution in [2.24, 2.45) is 0 Å². The third-order valence-electron chi connectivity index (χ3n) is 5.14. The summed E-state index contributed by atoms with van der Waals surface area (Å²) in [5, 5.41) is 0. The van der Waals surface area contributed by atoms with Gasteiger partial charge in [0.05, 0.1) is 6.67 Å². The lowest BCUT2D eigenvalue weighted by atomic mass is 10.1. The summed E-state index contributed by atoms with van der Waals surface area (Å²) in [5.41, 5.74) is 0. The van der Waals surface area contributed by atoms with Gasteiger partial charge in [0.2, 0.25) is 5.91 Å². The van der Waals surface area contributed by atoms with Gasteiger partial charge in [-0.1, -0.05) is 57.1 Å². The first-order valence-electron chi connectivity index (χ1n) is 10.8. The molecule has 1 rings (SSSR count). The first-order valence-corrected chi connectivity index (χ1v) is 10.8. The molecule has 0 atom stereocenters. The molecule has 0 aromatic heterocycles. The van der Waals surface area contributed by atoms with Crippen LogP contribution in [-0.2, 0) is 4.79 Å². The smallest absolute Gasteiger partial charge is 0.222 e. The lowest BCUT2D eigenvalue weighted by Gasteiger charge is -2.14. The van der Waals surface area contributed by atoms with E-state index in [4.69, 9.17) is 0 Å². The fourth-order valence-electron chi connectivity index (χ4n) is 3.49. The summed E-state index contributed by atoms with van der Waals surface area (Å²) in [5.74, 6) is 0.378. The molecule has 0 aliphatic carbocycles. The molecule has 1 fully saturated rings. The van der Waals surface area contributed by atoms with Crippen molar-refractivity contribution in [1.82, 2.24) is 4.90 Å². The van der Waals surface area contributed by atoms with Crippen LogP contribution in [0.25, 0.3) is 0 Å². The summed E-state index contributed by atoms with van der Waals surface area (Å²) in [4.78, 5) is 13.9. The second-order valence-electron chi connectivity index (χ2n) is 7.46. The maximum absolute atomic E-state index is 11.9. The molecule has 2 nitrogen and oxygen atoms in total. The highest BCUT2D eigenvalue weighted by Gasteiger charge is 2.16. The molecule has 1 saturated heterocycles. The van der Waals surface area contributed by atoms with Gasteiger partial charge < -0.3 is 4.90 Å². The molecule has 0 aromatic carbocycles. The predicted molar refractivity (Wildman–Crippen MR) is 106 cm³/mol. The van der Waals surface area contributed by atoms with Crippen LogP contribution in [0.2, 0.25) is 0 Å². The molecule has 0 saturated carbocycles. The third-order valence-corrected chi connectivity index (χ3v) is 5.14. The van der Waals surface area contributed by atoms with E-state index in [1.165, 1.54) is 77.0 Å². The van der Waals surface area contributed by atoms with Crippen LogP contribution in [0.15, 0.2) is 12.2 Å². The number of unbranched alkanes of at least 4 members (excludes halogenated alkanes) is 11. The Balaban J connectivity index is 1.75. The zero-order chi connectivity index (χ0) is 18.0. The van der Waals surface area contributed by atoms with Crippen LogP contribution in [0, 0.1) is 0 Å². The topological polar surface area (TPSA) is 20.3 Å². The largest absolute Gasteiger partial charge is 0.343 e. The predicted octanol–water partition coefficient (Wildman–Crippen LogP) is 6.60. The molecule has 25 heavy (non-hydrogen) atoms. The molecule has 0 unspecified atom stereocenters. The average molecular weight is 354 g/mol. The van der Waals surface area contributed by atoms with Crippen molar-refractivity contribution in [3.8, 4) is 0 Å². The lowest BCUT2D eigenvalue weighted by Crippen LogP contribution is -2.27. The number of likely N-dealkylation sites (tertiary alicyclic amines) is 1. The van der Waals surface area contributed by atoms with Gasteiger partial charge in [-0.15, -0.1) is 0 Å². The number of hydrogen-bond donors (Lipinski definition) is 0. The number of allylic oxidation sites excluding steroid dienone is 2. The number of hydrogen-bond acceptors (Lipinski definition) is 1. The Morgan fingerprint density at radius 3 is 1.76 bits per heavy atom. The van der Waals surface area contributed by atoms with Gasteiger partial charge in [-0.05, 0) is 51.4 Å². The summed E-state index contributed by atoms with van der Waals surface area (Å²) in [6, 6.07) is 0. The first kappa shape index (κ1) is 22.2. The molecule has 1 aliphatic rings. The molecule has 0 N–H and O–H groups in total. The minimum absolute atomic E-state index is 0.153. The number of nitrogens with zero attached hydrogens (tertiary/aromatic N) is 1. The Hall–Kier alpha value is -0.860. The highest BCUT2D eigenvalue weighted by atomic mass is 19.1. The Labute approximate surface area is 155 Å². The first-order chi connectivity index (χ1) is 12.3. The van der Waals surface area contributed by atoms with E-state index >= 15 is 0 Å². The van der Waals surface area contributed by atoms with Crippen LogP contribution in [0.4, 0.5) is 4.39 Å². The molecule has 0 spiro atoms. The highest BCUT2D eigenvalue weighted by molar-refractivity contribution is 5.76. The fraction of sp³-hybridized carbons (Fsp3) is 0.864. The van der Waals surface area contributed by atoms with Gasteiger partial charge in [0, 0.05) is 19.5 Å². The van der Waals surface area contributed by atoms with Crippen molar-refractivity contribution in [2.45, 2.75) is 103 Å². The summed E-state index contributed by atoms with van der Waals surface area (Å²) >= 11 is 0.